The van der Waals surface area contributed by atoms with E-state index in [-0.39, 0.29) is 30.0 Å². The SMILES string of the molecule is COc1ccccc1C[C@H](C)N(Cc1ccccc1)S(=O)(=O)c1ccc2c(c1)NC(=O)CO2. The summed E-state index contributed by atoms with van der Waals surface area (Å²) >= 11 is 0. The molecule has 0 aliphatic carbocycles. The summed E-state index contributed by atoms with van der Waals surface area (Å²) in [5.74, 6) is 0.850. The lowest BCUT2D eigenvalue weighted by molar-refractivity contribution is -0.118. The first-order valence-corrected chi connectivity index (χ1v) is 12.1. The number of nitrogens with zero attached hydrogens (tertiary/aromatic N) is 1. The number of nitrogens with one attached hydrogen (secondary N) is 1. The Balaban J connectivity index is 1.70. The van der Waals surface area contributed by atoms with Crippen LogP contribution >= 0.6 is 0 Å². The molecule has 3 aromatic carbocycles. The van der Waals surface area contributed by atoms with Crippen molar-refractivity contribution < 1.29 is 22.7 Å². The number of para-hydroxylation sites is 1. The molecule has 0 fully saturated rings. The van der Waals surface area contributed by atoms with Gasteiger partial charge in [0, 0.05) is 12.6 Å². The van der Waals surface area contributed by atoms with Crippen LogP contribution in [0.3, 0.4) is 0 Å². The average molecular weight is 467 g/mol. The summed E-state index contributed by atoms with van der Waals surface area (Å²) in [7, 11) is -2.30. The number of carbonyl (C=O) groups excluding carboxylic acids is 1. The first-order valence-electron chi connectivity index (χ1n) is 10.6. The van der Waals surface area contributed by atoms with Crippen LogP contribution in [0.4, 0.5) is 5.69 Å². The summed E-state index contributed by atoms with van der Waals surface area (Å²) in [4.78, 5) is 11.8. The van der Waals surface area contributed by atoms with Crippen molar-refractivity contribution in [3.63, 3.8) is 0 Å². The highest BCUT2D eigenvalue weighted by Gasteiger charge is 2.31. The number of sulfonamides is 1. The van der Waals surface area contributed by atoms with Crippen LogP contribution in [0, 0.1) is 0 Å². The van der Waals surface area contributed by atoms with Crippen LogP contribution in [0.15, 0.2) is 77.7 Å². The second-order valence-electron chi connectivity index (χ2n) is 7.90. The number of carbonyl (C=O) groups is 1. The molecule has 0 unspecified atom stereocenters. The number of ether oxygens (including phenoxy) is 2. The molecular formula is C25H26N2O5S. The lowest BCUT2D eigenvalue weighted by Crippen LogP contribution is -2.39. The molecule has 1 atom stereocenters. The zero-order chi connectivity index (χ0) is 23.4. The standard InChI is InChI=1S/C25H26N2O5S/c1-18(14-20-10-6-7-11-23(20)31-2)27(16-19-8-4-3-5-9-19)33(29,30)21-12-13-24-22(15-21)26-25(28)17-32-24/h3-13,15,18H,14,16-17H2,1-2H3,(H,26,28)/t18-/m0/s1. The summed E-state index contributed by atoms with van der Waals surface area (Å²) in [6.07, 6.45) is 0.473. The molecule has 172 valence electrons. The number of methoxy groups -OCH3 is 1. The van der Waals surface area contributed by atoms with Crippen LogP contribution in [-0.4, -0.2) is 38.4 Å². The molecule has 0 spiro atoms. The molecule has 1 heterocycles. The van der Waals surface area contributed by atoms with Gasteiger partial charge in [0.1, 0.15) is 11.5 Å². The highest BCUT2D eigenvalue weighted by atomic mass is 32.2. The second kappa shape index (κ2) is 9.64. The fourth-order valence-corrected chi connectivity index (χ4v) is 5.54. The Kier molecular flexibility index (Phi) is 6.67. The van der Waals surface area contributed by atoms with Gasteiger partial charge < -0.3 is 14.8 Å². The van der Waals surface area contributed by atoms with Crippen LogP contribution in [0.1, 0.15) is 18.1 Å². The van der Waals surface area contributed by atoms with Gasteiger partial charge in [-0.1, -0.05) is 48.5 Å². The maximum atomic E-state index is 13.8. The van der Waals surface area contributed by atoms with Crippen molar-refractivity contribution in [3.8, 4) is 11.5 Å². The van der Waals surface area contributed by atoms with E-state index in [1.54, 1.807) is 13.2 Å². The van der Waals surface area contributed by atoms with Crippen LogP contribution in [0.5, 0.6) is 11.5 Å². The first-order chi connectivity index (χ1) is 15.9. The second-order valence-corrected chi connectivity index (χ2v) is 9.79. The minimum atomic E-state index is -3.90. The van der Waals surface area contributed by atoms with Gasteiger partial charge in [0.25, 0.3) is 5.91 Å². The number of amides is 1. The van der Waals surface area contributed by atoms with Gasteiger partial charge in [0.15, 0.2) is 6.61 Å². The largest absolute Gasteiger partial charge is 0.496 e. The third-order valence-corrected chi connectivity index (χ3v) is 7.53. The van der Waals surface area contributed by atoms with Crippen LogP contribution in [-0.2, 0) is 27.8 Å². The summed E-state index contributed by atoms with van der Waals surface area (Å²) < 4.78 is 40.0. The van der Waals surface area contributed by atoms with Gasteiger partial charge in [0.05, 0.1) is 17.7 Å². The molecule has 4 rings (SSSR count). The van der Waals surface area contributed by atoms with E-state index >= 15 is 0 Å². The number of rotatable bonds is 8. The third kappa shape index (κ3) is 5.02. The zero-order valence-electron chi connectivity index (χ0n) is 18.5. The van der Waals surface area contributed by atoms with Crippen molar-refractivity contribution in [1.82, 2.24) is 4.31 Å². The Hall–Kier alpha value is -3.36. The normalized spacial score (nSPS) is 14.2. The van der Waals surface area contributed by atoms with Gasteiger partial charge in [-0.3, -0.25) is 4.79 Å². The van der Waals surface area contributed by atoms with Gasteiger partial charge in [0.2, 0.25) is 10.0 Å². The summed E-state index contributed by atoms with van der Waals surface area (Å²) in [6.45, 7) is 2.00. The van der Waals surface area contributed by atoms with E-state index in [2.05, 4.69) is 5.32 Å². The molecular weight excluding hydrogens is 440 g/mol. The summed E-state index contributed by atoms with van der Waals surface area (Å²) in [5, 5.41) is 2.68. The minimum absolute atomic E-state index is 0.0881. The molecule has 0 saturated heterocycles. The molecule has 1 aliphatic heterocycles. The molecule has 0 saturated carbocycles. The van der Waals surface area contributed by atoms with Crippen LogP contribution in [0.25, 0.3) is 0 Å². The van der Waals surface area contributed by atoms with Crippen molar-refractivity contribution in [1.29, 1.82) is 0 Å². The average Bonchev–Trinajstić information content (AvgIpc) is 2.82. The van der Waals surface area contributed by atoms with Crippen LogP contribution in [0.2, 0.25) is 0 Å². The Morgan fingerprint density at radius 1 is 1.06 bits per heavy atom. The van der Waals surface area contributed by atoms with Gasteiger partial charge in [-0.15, -0.1) is 0 Å². The molecule has 33 heavy (non-hydrogen) atoms. The molecule has 7 nitrogen and oxygen atoms in total. The topological polar surface area (TPSA) is 84.9 Å². The Bertz CT molecular complexity index is 1240. The number of benzene rings is 3. The van der Waals surface area contributed by atoms with Gasteiger partial charge in [-0.2, -0.15) is 4.31 Å². The first kappa shape index (κ1) is 22.8. The van der Waals surface area contributed by atoms with Crippen molar-refractivity contribution in [2.75, 3.05) is 19.0 Å². The van der Waals surface area contributed by atoms with Crippen molar-refractivity contribution in [3.05, 3.63) is 83.9 Å². The van der Waals surface area contributed by atoms with Crippen LogP contribution < -0.4 is 14.8 Å². The van der Waals surface area contributed by atoms with E-state index in [0.717, 1.165) is 16.9 Å². The molecule has 0 aromatic heterocycles. The Labute approximate surface area is 194 Å². The maximum Gasteiger partial charge on any atom is 0.262 e. The fourth-order valence-electron chi connectivity index (χ4n) is 3.89. The predicted octanol–water partition coefficient (Wildman–Crippen LogP) is 3.85. The molecule has 8 heteroatoms. The lowest BCUT2D eigenvalue weighted by Gasteiger charge is -2.29. The minimum Gasteiger partial charge on any atom is -0.496 e. The zero-order valence-corrected chi connectivity index (χ0v) is 19.3. The van der Waals surface area contributed by atoms with E-state index in [0.29, 0.717) is 17.9 Å². The van der Waals surface area contributed by atoms with Crippen molar-refractivity contribution in [2.24, 2.45) is 0 Å². The smallest absolute Gasteiger partial charge is 0.262 e. The summed E-state index contributed by atoms with van der Waals surface area (Å²) in [5.41, 5.74) is 2.15. The number of anilines is 1. The van der Waals surface area contributed by atoms with E-state index < -0.39 is 10.0 Å². The number of hydrogen-bond donors (Lipinski definition) is 1. The quantitative estimate of drug-likeness (QED) is 0.545. The molecule has 0 bridgehead atoms. The Morgan fingerprint density at radius 2 is 1.79 bits per heavy atom. The molecule has 1 aliphatic rings. The fraction of sp³-hybridized carbons (Fsp3) is 0.240. The van der Waals surface area contributed by atoms with Gasteiger partial charge in [-0.25, -0.2) is 8.42 Å². The predicted molar refractivity (Wildman–Crippen MR) is 126 cm³/mol. The highest BCUT2D eigenvalue weighted by molar-refractivity contribution is 7.89. The molecule has 0 radical (unpaired) electrons. The molecule has 1 amide bonds. The number of fused-ring (bicyclic) bond motifs is 1. The van der Waals surface area contributed by atoms with Crippen molar-refractivity contribution in [2.45, 2.75) is 30.8 Å². The van der Waals surface area contributed by atoms with Gasteiger partial charge in [-0.05, 0) is 48.7 Å². The maximum absolute atomic E-state index is 13.8. The van der Waals surface area contributed by atoms with Gasteiger partial charge >= 0.3 is 0 Å². The lowest BCUT2D eigenvalue weighted by atomic mass is 10.1. The molecule has 1 N–H and O–H groups in total. The van der Waals surface area contributed by atoms with E-state index in [4.69, 9.17) is 9.47 Å². The van der Waals surface area contributed by atoms with E-state index in [1.807, 2.05) is 61.5 Å². The van der Waals surface area contributed by atoms with E-state index in [9.17, 15) is 13.2 Å². The monoisotopic (exact) mass is 466 g/mol. The summed E-state index contributed by atoms with van der Waals surface area (Å²) in [6, 6.07) is 21.2. The Morgan fingerprint density at radius 3 is 2.55 bits per heavy atom. The van der Waals surface area contributed by atoms with Crippen molar-refractivity contribution >= 4 is 21.6 Å². The number of hydrogen-bond acceptors (Lipinski definition) is 5. The third-order valence-electron chi connectivity index (χ3n) is 5.57. The highest BCUT2D eigenvalue weighted by Crippen LogP contribution is 2.33. The van der Waals surface area contributed by atoms with E-state index in [1.165, 1.54) is 16.4 Å². The molecule has 3 aromatic rings.